The number of benzene rings is 2. The SMILES string of the molecule is O=C(OC[C@H]1O[C@H](O)CC[C@@H]1OC(=O)c1ccccc1)c1ccccc1. The third-order valence-corrected chi connectivity index (χ3v) is 4.10. The Morgan fingerprint density at radius 2 is 1.50 bits per heavy atom. The summed E-state index contributed by atoms with van der Waals surface area (Å²) >= 11 is 0. The van der Waals surface area contributed by atoms with E-state index in [2.05, 4.69) is 0 Å². The number of ether oxygens (including phenoxy) is 3. The molecule has 2 aromatic carbocycles. The van der Waals surface area contributed by atoms with Gasteiger partial charge in [0.15, 0.2) is 6.29 Å². The Hall–Kier alpha value is -2.70. The van der Waals surface area contributed by atoms with Gasteiger partial charge in [0.1, 0.15) is 18.8 Å². The summed E-state index contributed by atoms with van der Waals surface area (Å²) in [6, 6.07) is 17.2. The summed E-state index contributed by atoms with van der Waals surface area (Å²) in [7, 11) is 0. The topological polar surface area (TPSA) is 82.1 Å². The molecule has 0 unspecified atom stereocenters. The van der Waals surface area contributed by atoms with Crippen LogP contribution >= 0.6 is 0 Å². The molecule has 136 valence electrons. The summed E-state index contributed by atoms with van der Waals surface area (Å²) in [5.74, 6) is -0.975. The van der Waals surface area contributed by atoms with Gasteiger partial charge in [-0.3, -0.25) is 0 Å². The molecule has 0 radical (unpaired) electrons. The van der Waals surface area contributed by atoms with Crippen LogP contribution < -0.4 is 0 Å². The molecule has 1 N–H and O–H groups in total. The van der Waals surface area contributed by atoms with Gasteiger partial charge in [-0.2, -0.15) is 0 Å². The van der Waals surface area contributed by atoms with E-state index >= 15 is 0 Å². The Kier molecular flexibility index (Phi) is 5.99. The molecule has 1 aliphatic heterocycles. The van der Waals surface area contributed by atoms with Crippen molar-refractivity contribution in [2.24, 2.45) is 0 Å². The lowest BCUT2D eigenvalue weighted by atomic mass is 10.0. The van der Waals surface area contributed by atoms with Gasteiger partial charge < -0.3 is 19.3 Å². The third kappa shape index (κ3) is 4.68. The highest BCUT2D eigenvalue weighted by Gasteiger charge is 2.34. The quantitative estimate of drug-likeness (QED) is 0.829. The first-order valence-corrected chi connectivity index (χ1v) is 8.45. The van der Waals surface area contributed by atoms with Crippen molar-refractivity contribution in [1.82, 2.24) is 0 Å². The Morgan fingerprint density at radius 3 is 2.12 bits per heavy atom. The standard InChI is InChI=1S/C20H20O6/c21-18-12-11-16(26-20(23)15-9-5-2-6-10-15)17(25-18)13-24-19(22)14-7-3-1-4-8-14/h1-10,16-18,21H,11-13H2/t16-,17+,18-/m0/s1. The smallest absolute Gasteiger partial charge is 0.338 e. The zero-order chi connectivity index (χ0) is 18.4. The molecule has 0 spiro atoms. The fraction of sp³-hybridized carbons (Fsp3) is 0.300. The maximum Gasteiger partial charge on any atom is 0.338 e. The van der Waals surface area contributed by atoms with Crippen LogP contribution in [-0.2, 0) is 14.2 Å². The van der Waals surface area contributed by atoms with Gasteiger partial charge in [-0.25, -0.2) is 9.59 Å². The molecule has 1 fully saturated rings. The predicted octanol–water partition coefficient (Wildman–Crippen LogP) is 2.57. The van der Waals surface area contributed by atoms with Gasteiger partial charge in [0, 0.05) is 6.42 Å². The molecule has 0 bridgehead atoms. The maximum atomic E-state index is 12.3. The minimum Gasteiger partial charge on any atom is -0.459 e. The number of hydrogen-bond donors (Lipinski definition) is 1. The second-order valence-electron chi connectivity index (χ2n) is 5.98. The molecular weight excluding hydrogens is 336 g/mol. The third-order valence-electron chi connectivity index (χ3n) is 4.10. The van der Waals surface area contributed by atoms with E-state index in [-0.39, 0.29) is 6.61 Å². The van der Waals surface area contributed by atoms with Crippen molar-refractivity contribution >= 4 is 11.9 Å². The number of rotatable bonds is 5. The second kappa shape index (κ2) is 8.60. The van der Waals surface area contributed by atoms with Crippen molar-refractivity contribution < 1.29 is 28.9 Å². The minimum absolute atomic E-state index is 0.114. The van der Waals surface area contributed by atoms with Crippen LogP contribution in [0.1, 0.15) is 33.6 Å². The van der Waals surface area contributed by atoms with E-state index in [4.69, 9.17) is 14.2 Å². The Balaban J connectivity index is 1.61. The van der Waals surface area contributed by atoms with Crippen molar-refractivity contribution in [2.75, 3.05) is 6.61 Å². The van der Waals surface area contributed by atoms with Crippen molar-refractivity contribution in [3.05, 3.63) is 71.8 Å². The highest BCUT2D eigenvalue weighted by molar-refractivity contribution is 5.90. The van der Waals surface area contributed by atoms with Gasteiger partial charge in [-0.15, -0.1) is 0 Å². The molecule has 0 aromatic heterocycles. The lowest BCUT2D eigenvalue weighted by molar-refractivity contribution is -0.208. The van der Waals surface area contributed by atoms with Crippen LogP contribution in [0.25, 0.3) is 0 Å². The Labute approximate surface area is 151 Å². The van der Waals surface area contributed by atoms with Crippen LogP contribution in [0.15, 0.2) is 60.7 Å². The molecular formula is C20H20O6. The summed E-state index contributed by atoms with van der Waals surface area (Å²) in [5.41, 5.74) is 0.848. The van der Waals surface area contributed by atoms with E-state index in [1.807, 2.05) is 6.07 Å². The summed E-state index contributed by atoms with van der Waals surface area (Å²) in [6.07, 6.45) is -1.53. The molecule has 0 aliphatic carbocycles. The summed E-state index contributed by atoms with van der Waals surface area (Å²) in [4.78, 5) is 24.3. The lowest BCUT2D eigenvalue weighted by Crippen LogP contribution is -2.44. The van der Waals surface area contributed by atoms with Crippen LogP contribution in [0.2, 0.25) is 0 Å². The van der Waals surface area contributed by atoms with E-state index < -0.39 is 30.4 Å². The lowest BCUT2D eigenvalue weighted by Gasteiger charge is -2.33. The predicted molar refractivity (Wildman–Crippen MR) is 92.5 cm³/mol. The molecule has 1 saturated heterocycles. The van der Waals surface area contributed by atoms with E-state index in [1.54, 1.807) is 54.6 Å². The number of carbonyl (C=O) groups excluding carboxylic acids is 2. The van der Waals surface area contributed by atoms with Gasteiger partial charge in [0.25, 0.3) is 0 Å². The molecule has 1 heterocycles. The number of hydrogen-bond acceptors (Lipinski definition) is 6. The first-order valence-electron chi connectivity index (χ1n) is 8.45. The van der Waals surface area contributed by atoms with Crippen molar-refractivity contribution in [2.45, 2.75) is 31.3 Å². The molecule has 1 aliphatic rings. The number of aliphatic hydroxyl groups is 1. The Morgan fingerprint density at radius 1 is 0.923 bits per heavy atom. The monoisotopic (exact) mass is 356 g/mol. The van der Waals surface area contributed by atoms with E-state index in [0.29, 0.717) is 24.0 Å². The first kappa shape index (κ1) is 18.1. The molecule has 6 nitrogen and oxygen atoms in total. The first-order chi connectivity index (χ1) is 12.6. The van der Waals surface area contributed by atoms with Gasteiger partial charge in [0.2, 0.25) is 0 Å². The molecule has 0 saturated carbocycles. The normalized spacial score (nSPS) is 22.4. The molecule has 6 heteroatoms. The maximum absolute atomic E-state index is 12.3. The largest absolute Gasteiger partial charge is 0.459 e. The highest BCUT2D eigenvalue weighted by Crippen LogP contribution is 2.23. The van der Waals surface area contributed by atoms with E-state index in [9.17, 15) is 14.7 Å². The van der Waals surface area contributed by atoms with Crippen molar-refractivity contribution in [3.8, 4) is 0 Å². The zero-order valence-corrected chi connectivity index (χ0v) is 14.1. The second-order valence-corrected chi connectivity index (χ2v) is 5.98. The number of aliphatic hydroxyl groups excluding tert-OH is 1. The zero-order valence-electron chi connectivity index (χ0n) is 14.1. The highest BCUT2D eigenvalue weighted by atomic mass is 16.6. The van der Waals surface area contributed by atoms with E-state index in [0.717, 1.165) is 0 Å². The molecule has 3 rings (SSSR count). The molecule has 26 heavy (non-hydrogen) atoms. The Bertz CT molecular complexity index is 730. The van der Waals surface area contributed by atoms with Crippen molar-refractivity contribution in [1.29, 1.82) is 0 Å². The van der Waals surface area contributed by atoms with Gasteiger partial charge in [-0.1, -0.05) is 36.4 Å². The van der Waals surface area contributed by atoms with Crippen LogP contribution in [-0.4, -0.2) is 42.1 Å². The number of carbonyl (C=O) groups is 2. The van der Waals surface area contributed by atoms with Crippen LogP contribution in [0, 0.1) is 0 Å². The average molecular weight is 356 g/mol. The molecule has 0 amide bonds. The molecule has 2 aromatic rings. The summed E-state index contributed by atoms with van der Waals surface area (Å²) in [5, 5.41) is 9.73. The minimum atomic E-state index is -0.970. The van der Waals surface area contributed by atoms with Crippen LogP contribution in [0.4, 0.5) is 0 Å². The average Bonchev–Trinajstić information content (AvgIpc) is 2.69. The van der Waals surface area contributed by atoms with Gasteiger partial charge in [0.05, 0.1) is 11.1 Å². The van der Waals surface area contributed by atoms with Crippen LogP contribution in [0.5, 0.6) is 0 Å². The fourth-order valence-corrected chi connectivity index (χ4v) is 2.73. The van der Waals surface area contributed by atoms with Gasteiger partial charge >= 0.3 is 11.9 Å². The number of esters is 2. The van der Waals surface area contributed by atoms with E-state index in [1.165, 1.54) is 0 Å². The fourth-order valence-electron chi connectivity index (χ4n) is 2.73. The summed E-state index contributed by atoms with van der Waals surface area (Å²) in [6.45, 7) is -0.114. The summed E-state index contributed by atoms with van der Waals surface area (Å²) < 4.78 is 16.2. The van der Waals surface area contributed by atoms with Crippen molar-refractivity contribution in [3.63, 3.8) is 0 Å². The molecule has 3 atom stereocenters. The van der Waals surface area contributed by atoms with Crippen LogP contribution in [0.3, 0.4) is 0 Å². The van der Waals surface area contributed by atoms with Gasteiger partial charge in [-0.05, 0) is 30.7 Å².